The molecule has 0 fully saturated rings. The number of fused-ring (bicyclic) bond motifs is 1. The molecule has 3 heterocycles. The number of aromatic nitrogens is 3. The van der Waals surface area contributed by atoms with E-state index < -0.39 is 24.2 Å². The number of ether oxygens (including phenoxy) is 1. The van der Waals surface area contributed by atoms with Crippen LogP contribution in [0.4, 0.5) is 19.0 Å². The smallest absolute Gasteiger partial charge is 0.410 e. The molecule has 162 valence electrons. The molecule has 0 aliphatic carbocycles. The lowest BCUT2D eigenvalue weighted by molar-refractivity contribution is -0.173. The Morgan fingerprint density at radius 2 is 2.13 bits per heavy atom. The second kappa shape index (κ2) is 8.29. The van der Waals surface area contributed by atoms with E-state index in [1.54, 1.807) is 48.8 Å². The van der Waals surface area contributed by atoms with Crippen LogP contribution in [0, 0.1) is 0 Å². The van der Waals surface area contributed by atoms with E-state index in [2.05, 4.69) is 20.7 Å². The number of pyridine rings is 1. The quantitative estimate of drug-likeness (QED) is 0.641. The number of alkyl halides is 3. The number of hydrogen-bond acceptors (Lipinski definition) is 5. The highest BCUT2D eigenvalue weighted by Crippen LogP contribution is 2.44. The van der Waals surface area contributed by atoms with Crippen molar-refractivity contribution in [3.05, 3.63) is 71.7 Å². The monoisotopic (exact) mass is 431 g/mol. The Morgan fingerprint density at radius 3 is 2.84 bits per heavy atom. The van der Waals surface area contributed by atoms with E-state index in [1.807, 2.05) is 0 Å². The molecule has 2 aromatic heterocycles. The lowest BCUT2D eigenvalue weighted by Crippen LogP contribution is -2.36. The Morgan fingerprint density at radius 1 is 1.29 bits per heavy atom. The van der Waals surface area contributed by atoms with Crippen molar-refractivity contribution < 1.29 is 22.7 Å². The molecule has 0 spiro atoms. The first-order valence-electron chi connectivity index (χ1n) is 9.58. The van der Waals surface area contributed by atoms with E-state index in [9.17, 15) is 18.0 Å². The van der Waals surface area contributed by atoms with Gasteiger partial charge in [-0.25, -0.2) is 4.68 Å². The predicted molar refractivity (Wildman–Crippen MR) is 107 cm³/mol. The topological polar surface area (TPSA) is 81.1 Å². The molecule has 4 rings (SSSR count). The van der Waals surface area contributed by atoms with Crippen LogP contribution in [0.5, 0.6) is 5.75 Å². The summed E-state index contributed by atoms with van der Waals surface area (Å²) >= 11 is 0. The number of carbonyl (C=O) groups excluding carboxylic acids is 1. The molecule has 1 aliphatic rings. The summed E-state index contributed by atoms with van der Waals surface area (Å²) in [7, 11) is 1.49. The van der Waals surface area contributed by atoms with Gasteiger partial charge in [0, 0.05) is 25.4 Å². The number of methoxy groups -OCH3 is 1. The summed E-state index contributed by atoms with van der Waals surface area (Å²) in [4.78, 5) is 16.7. The average Bonchev–Trinajstić information content (AvgIpc) is 3.21. The van der Waals surface area contributed by atoms with E-state index in [0.717, 1.165) is 16.4 Å². The van der Waals surface area contributed by atoms with Crippen molar-refractivity contribution in [3.63, 3.8) is 0 Å². The third-order valence-electron chi connectivity index (χ3n) is 5.16. The standard InChI is InChI=1S/C21H20F3N5O2/c1-31-15-6-2-5-14(8-15)17-9-18(21(22,23)24)29-19(28-17)16(12-27-29)20(30)26-11-13-4-3-7-25-10-13/h2-8,10,12,17-18,28H,9,11H2,1H3,(H,26,30)/t17-,18+/m1/s1. The molecule has 10 heteroatoms. The summed E-state index contributed by atoms with van der Waals surface area (Å²) in [6.07, 6.45) is -0.414. The van der Waals surface area contributed by atoms with Crippen molar-refractivity contribution in [2.45, 2.75) is 31.2 Å². The highest BCUT2D eigenvalue weighted by molar-refractivity contribution is 5.98. The lowest BCUT2D eigenvalue weighted by atomic mass is 9.96. The van der Waals surface area contributed by atoms with Crippen LogP contribution >= 0.6 is 0 Å². The Kier molecular flexibility index (Phi) is 5.53. The fourth-order valence-electron chi connectivity index (χ4n) is 3.59. The minimum atomic E-state index is -4.52. The Bertz CT molecular complexity index is 1070. The maximum atomic E-state index is 13.8. The second-order valence-electron chi connectivity index (χ2n) is 7.16. The molecule has 1 aliphatic heterocycles. The van der Waals surface area contributed by atoms with Crippen LogP contribution < -0.4 is 15.4 Å². The third kappa shape index (κ3) is 4.32. The summed E-state index contributed by atoms with van der Waals surface area (Å²) in [5.41, 5.74) is 1.45. The molecule has 31 heavy (non-hydrogen) atoms. The van der Waals surface area contributed by atoms with Crippen molar-refractivity contribution in [3.8, 4) is 5.75 Å². The molecule has 2 N–H and O–H groups in total. The predicted octanol–water partition coefficient (Wildman–Crippen LogP) is 3.88. The minimum absolute atomic E-state index is 0.0325. The number of nitrogens with zero attached hydrogens (tertiary/aromatic N) is 3. The molecule has 2 atom stereocenters. The van der Waals surface area contributed by atoms with E-state index >= 15 is 0 Å². The highest BCUT2D eigenvalue weighted by Gasteiger charge is 2.47. The van der Waals surface area contributed by atoms with Crippen LogP contribution in [-0.4, -0.2) is 34.0 Å². The van der Waals surface area contributed by atoms with Gasteiger partial charge >= 0.3 is 6.18 Å². The first-order chi connectivity index (χ1) is 14.9. The van der Waals surface area contributed by atoms with Crippen LogP contribution in [0.25, 0.3) is 0 Å². The van der Waals surface area contributed by atoms with E-state index in [-0.39, 0.29) is 24.3 Å². The fourth-order valence-corrected chi connectivity index (χ4v) is 3.59. The van der Waals surface area contributed by atoms with Gasteiger partial charge in [-0.15, -0.1) is 0 Å². The number of anilines is 1. The fraction of sp³-hybridized carbons (Fsp3) is 0.286. The summed E-state index contributed by atoms with van der Waals surface area (Å²) in [5.74, 6) is 0.0475. The number of rotatable bonds is 5. The zero-order valence-electron chi connectivity index (χ0n) is 16.6. The molecule has 0 saturated carbocycles. The molecule has 1 aromatic carbocycles. The van der Waals surface area contributed by atoms with Crippen molar-refractivity contribution in [1.29, 1.82) is 0 Å². The van der Waals surface area contributed by atoms with E-state index in [0.29, 0.717) is 11.3 Å². The normalized spacial score (nSPS) is 18.1. The van der Waals surface area contributed by atoms with Crippen molar-refractivity contribution >= 4 is 11.7 Å². The van der Waals surface area contributed by atoms with Gasteiger partial charge in [-0.2, -0.15) is 18.3 Å². The van der Waals surface area contributed by atoms with Crippen LogP contribution in [0.1, 0.15) is 40.0 Å². The number of carbonyl (C=O) groups is 1. The number of halogens is 3. The minimum Gasteiger partial charge on any atom is -0.497 e. The summed E-state index contributed by atoms with van der Waals surface area (Å²) in [5, 5.41) is 9.65. The molecule has 0 bridgehead atoms. The van der Waals surface area contributed by atoms with Gasteiger partial charge in [0.05, 0.1) is 19.3 Å². The van der Waals surface area contributed by atoms with Gasteiger partial charge < -0.3 is 15.4 Å². The Labute approximate surface area is 176 Å². The van der Waals surface area contributed by atoms with Crippen molar-refractivity contribution in [1.82, 2.24) is 20.1 Å². The molecule has 0 unspecified atom stereocenters. The van der Waals surface area contributed by atoms with Crippen LogP contribution in [-0.2, 0) is 6.54 Å². The maximum Gasteiger partial charge on any atom is 0.410 e. The second-order valence-corrected chi connectivity index (χ2v) is 7.16. The number of benzene rings is 1. The Balaban J connectivity index is 1.63. The zero-order valence-corrected chi connectivity index (χ0v) is 16.6. The van der Waals surface area contributed by atoms with Gasteiger partial charge in [0.1, 0.15) is 17.1 Å². The average molecular weight is 431 g/mol. The third-order valence-corrected chi connectivity index (χ3v) is 5.16. The maximum absolute atomic E-state index is 13.8. The van der Waals surface area contributed by atoms with Gasteiger partial charge in [-0.3, -0.25) is 9.78 Å². The van der Waals surface area contributed by atoms with Crippen molar-refractivity contribution in [2.75, 3.05) is 12.4 Å². The Hall–Kier alpha value is -3.56. The number of hydrogen-bond donors (Lipinski definition) is 2. The van der Waals surface area contributed by atoms with Gasteiger partial charge in [-0.05, 0) is 29.3 Å². The lowest BCUT2D eigenvalue weighted by Gasteiger charge is -2.34. The molecule has 7 nitrogen and oxygen atoms in total. The summed E-state index contributed by atoms with van der Waals surface area (Å²) in [6, 6.07) is 7.83. The molecular formula is C21H20F3N5O2. The summed E-state index contributed by atoms with van der Waals surface area (Å²) in [6.45, 7) is 0.194. The molecular weight excluding hydrogens is 411 g/mol. The highest BCUT2D eigenvalue weighted by atomic mass is 19.4. The van der Waals surface area contributed by atoms with E-state index in [4.69, 9.17) is 4.74 Å². The van der Waals surface area contributed by atoms with Crippen LogP contribution in [0.3, 0.4) is 0 Å². The van der Waals surface area contributed by atoms with Gasteiger partial charge in [0.2, 0.25) is 0 Å². The largest absolute Gasteiger partial charge is 0.497 e. The molecule has 1 amide bonds. The molecule has 0 radical (unpaired) electrons. The molecule has 0 saturated heterocycles. The van der Waals surface area contributed by atoms with Crippen molar-refractivity contribution in [2.24, 2.45) is 0 Å². The van der Waals surface area contributed by atoms with Gasteiger partial charge in [0.15, 0.2) is 6.04 Å². The number of nitrogens with one attached hydrogen (secondary N) is 2. The first kappa shape index (κ1) is 20.7. The zero-order chi connectivity index (χ0) is 22.0. The molecule has 3 aromatic rings. The van der Waals surface area contributed by atoms with E-state index in [1.165, 1.54) is 7.11 Å². The number of amides is 1. The van der Waals surface area contributed by atoms with Crippen LogP contribution in [0.2, 0.25) is 0 Å². The SMILES string of the molecule is COc1cccc([C@H]2C[C@@H](C(F)(F)F)n3ncc(C(=O)NCc4cccnc4)c3N2)c1. The summed E-state index contributed by atoms with van der Waals surface area (Å²) < 4.78 is 47.5. The van der Waals surface area contributed by atoms with Gasteiger partial charge in [-0.1, -0.05) is 18.2 Å². The van der Waals surface area contributed by atoms with Gasteiger partial charge in [0.25, 0.3) is 5.91 Å². The first-order valence-corrected chi connectivity index (χ1v) is 9.58. The van der Waals surface area contributed by atoms with Crippen LogP contribution in [0.15, 0.2) is 55.0 Å².